The molecule has 0 aliphatic carbocycles. The van der Waals surface area contributed by atoms with Gasteiger partial charge in [-0.3, -0.25) is 4.57 Å². The third kappa shape index (κ3) is 2.49. The maximum atomic E-state index is 13.3. The van der Waals surface area contributed by atoms with Crippen LogP contribution in [0, 0.1) is 12.7 Å². The highest BCUT2D eigenvalue weighted by atomic mass is 79.9. The molecule has 1 aromatic heterocycles. The zero-order valence-corrected chi connectivity index (χ0v) is 11.3. The molecule has 3 nitrogen and oxygen atoms in total. The van der Waals surface area contributed by atoms with Crippen LogP contribution in [-0.4, -0.2) is 16.1 Å². The van der Waals surface area contributed by atoms with Crippen LogP contribution >= 0.6 is 15.9 Å². The molecule has 1 aromatic carbocycles. The van der Waals surface area contributed by atoms with Gasteiger partial charge in [-0.2, -0.15) is 0 Å². The van der Waals surface area contributed by atoms with Crippen LogP contribution in [0.1, 0.15) is 12.6 Å². The van der Waals surface area contributed by atoms with Crippen LogP contribution in [0.3, 0.4) is 0 Å². The fraction of sp³-hybridized carbons (Fsp3) is 0.250. The molecule has 90 valence electrons. The molecule has 0 fully saturated rings. The highest BCUT2D eigenvalue weighted by molar-refractivity contribution is 9.10. The van der Waals surface area contributed by atoms with Crippen molar-refractivity contribution < 1.29 is 4.39 Å². The molecule has 0 unspecified atom stereocenters. The Labute approximate surface area is 108 Å². The third-order valence-corrected chi connectivity index (χ3v) is 3.00. The van der Waals surface area contributed by atoms with Crippen molar-refractivity contribution in [2.75, 3.05) is 11.9 Å². The summed E-state index contributed by atoms with van der Waals surface area (Å²) in [6.45, 7) is 4.67. The standard InChI is InChI=1S/C12H13BrFN3/c1-3-15-12-16-8(2)7-17(12)11-6-9(14)4-5-10(11)13/h4-7H,3H2,1-2H3,(H,15,16). The topological polar surface area (TPSA) is 29.9 Å². The zero-order valence-electron chi connectivity index (χ0n) is 9.67. The van der Waals surface area contributed by atoms with Gasteiger partial charge in [-0.25, -0.2) is 9.37 Å². The first-order valence-corrected chi connectivity index (χ1v) is 6.16. The fourth-order valence-electron chi connectivity index (χ4n) is 1.63. The molecular formula is C12H13BrFN3. The summed E-state index contributed by atoms with van der Waals surface area (Å²) in [4.78, 5) is 4.36. The Morgan fingerprint density at radius 2 is 2.24 bits per heavy atom. The average Bonchev–Trinajstić information content (AvgIpc) is 2.64. The predicted molar refractivity (Wildman–Crippen MR) is 70.1 cm³/mol. The number of hydrogen-bond acceptors (Lipinski definition) is 2. The van der Waals surface area contributed by atoms with Gasteiger partial charge in [0.15, 0.2) is 0 Å². The molecule has 0 spiro atoms. The quantitative estimate of drug-likeness (QED) is 0.939. The van der Waals surface area contributed by atoms with Crippen LogP contribution < -0.4 is 5.32 Å². The van der Waals surface area contributed by atoms with Crippen molar-refractivity contribution in [1.82, 2.24) is 9.55 Å². The summed E-state index contributed by atoms with van der Waals surface area (Å²) in [7, 11) is 0. The van der Waals surface area contributed by atoms with Crippen LogP contribution in [0.2, 0.25) is 0 Å². The van der Waals surface area contributed by atoms with Gasteiger partial charge in [0.25, 0.3) is 0 Å². The van der Waals surface area contributed by atoms with E-state index in [1.807, 2.05) is 24.6 Å². The number of halogens is 2. The van der Waals surface area contributed by atoms with Gasteiger partial charge in [-0.15, -0.1) is 0 Å². The number of hydrogen-bond donors (Lipinski definition) is 1. The van der Waals surface area contributed by atoms with Crippen LogP contribution in [0.5, 0.6) is 0 Å². The Morgan fingerprint density at radius 1 is 1.47 bits per heavy atom. The summed E-state index contributed by atoms with van der Waals surface area (Å²) in [5.41, 5.74) is 1.62. The van der Waals surface area contributed by atoms with E-state index >= 15 is 0 Å². The van der Waals surface area contributed by atoms with E-state index in [1.165, 1.54) is 12.1 Å². The number of nitrogens with one attached hydrogen (secondary N) is 1. The van der Waals surface area contributed by atoms with Crippen LogP contribution in [0.15, 0.2) is 28.9 Å². The van der Waals surface area contributed by atoms with Crippen LogP contribution in [-0.2, 0) is 0 Å². The van der Waals surface area contributed by atoms with Crippen molar-refractivity contribution in [1.29, 1.82) is 0 Å². The lowest BCUT2D eigenvalue weighted by Gasteiger charge is -2.10. The second-order valence-electron chi connectivity index (χ2n) is 3.70. The fourth-order valence-corrected chi connectivity index (χ4v) is 2.07. The summed E-state index contributed by atoms with van der Waals surface area (Å²) in [6, 6.07) is 4.59. The van der Waals surface area contributed by atoms with E-state index in [2.05, 4.69) is 26.2 Å². The lowest BCUT2D eigenvalue weighted by Crippen LogP contribution is -2.05. The largest absolute Gasteiger partial charge is 0.356 e. The Bertz CT molecular complexity index is 537. The SMILES string of the molecule is CCNc1nc(C)cn1-c1cc(F)ccc1Br. The monoisotopic (exact) mass is 297 g/mol. The van der Waals surface area contributed by atoms with Crippen molar-refractivity contribution in [2.24, 2.45) is 0 Å². The molecule has 5 heteroatoms. The maximum absolute atomic E-state index is 13.3. The van der Waals surface area contributed by atoms with E-state index in [1.54, 1.807) is 6.07 Å². The minimum atomic E-state index is -0.267. The van der Waals surface area contributed by atoms with Crippen LogP contribution in [0.25, 0.3) is 5.69 Å². The number of aryl methyl sites for hydroxylation is 1. The summed E-state index contributed by atoms with van der Waals surface area (Å²) in [5, 5.41) is 3.15. The number of aromatic nitrogens is 2. The Kier molecular flexibility index (Phi) is 3.47. The normalized spacial score (nSPS) is 10.6. The van der Waals surface area contributed by atoms with Gasteiger partial charge in [0.05, 0.1) is 11.4 Å². The van der Waals surface area contributed by atoms with Crippen LogP contribution in [0.4, 0.5) is 10.3 Å². The highest BCUT2D eigenvalue weighted by Crippen LogP contribution is 2.25. The molecule has 2 rings (SSSR count). The molecular weight excluding hydrogens is 285 g/mol. The molecule has 0 aliphatic rings. The average molecular weight is 298 g/mol. The van der Waals surface area contributed by atoms with E-state index in [0.29, 0.717) is 0 Å². The van der Waals surface area contributed by atoms with Gasteiger partial charge < -0.3 is 5.32 Å². The Hall–Kier alpha value is -1.36. The number of rotatable bonds is 3. The van der Waals surface area contributed by atoms with Crippen molar-refractivity contribution in [3.63, 3.8) is 0 Å². The molecule has 2 aromatic rings. The lowest BCUT2D eigenvalue weighted by molar-refractivity contribution is 0.626. The number of anilines is 1. The van der Waals surface area contributed by atoms with Crippen molar-refractivity contribution in [3.05, 3.63) is 40.4 Å². The molecule has 0 saturated carbocycles. The Balaban J connectivity index is 2.55. The summed E-state index contributed by atoms with van der Waals surface area (Å²) in [5.74, 6) is 0.452. The molecule has 0 amide bonds. The van der Waals surface area contributed by atoms with Gasteiger partial charge >= 0.3 is 0 Å². The van der Waals surface area contributed by atoms with Gasteiger partial charge in [0.2, 0.25) is 5.95 Å². The number of nitrogens with zero attached hydrogens (tertiary/aromatic N) is 2. The predicted octanol–water partition coefficient (Wildman–Crippen LogP) is 3.51. The molecule has 1 N–H and O–H groups in total. The van der Waals surface area contributed by atoms with Gasteiger partial charge in [0.1, 0.15) is 5.82 Å². The van der Waals surface area contributed by atoms with E-state index in [0.717, 1.165) is 28.3 Å². The molecule has 0 bridgehead atoms. The lowest BCUT2D eigenvalue weighted by atomic mass is 10.3. The molecule has 0 aliphatic heterocycles. The first kappa shape index (κ1) is 12.1. The van der Waals surface area contributed by atoms with E-state index in [4.69, 9.17) is 0 Å². The second-order valence-corrected chi connectivity index (χ2v) is 4.56. The summed E-state index contributed by atoms with van der Waals surface area (Å²) < 4.78 is 16.0. The summed E-state index contributed by atoms with van der Waals surface area (Å²) >= 11 is 3.42. The van der Waals surface area contributed by atoms with Crippen molar-refractivity contribution in [2.45, 2.75) is 13.8 Å². The molecule has 0 radical (unpaired) electrons. The Morgan fingerprint density at radius 3 is 2.94 bits per heavy atom. The van der Waals surface area contributed by atoms with Gasteiger partial charge in [-0.1, -0.05) is 0 Å². The summed E-state index contributed by atoms with van der Waals surface area (Å²) in [6.07, 6.45) is 1.87. The zero-order chi connectivity index (χ0) is 12.4. The third-order valence-electron chi connectivity index (χ3n) is 2.33. The van der Waals surface area contributed by atoms with Gasteiger partial charge in [0, 0.05) is 17.2 Å². The minimum absolute atomic E-state index is 0.267. The van der Waals surface area contributed by atoms with E-state index < -0.39 is 0 Å². The highest BCUT2D eigenvalue weighted by Gasteiger charge is 2.10. The minimum Gasteiger partial charge on any atom is -0.356 e. The first-order chi connectivity index (χ1) is 8.11. The van der Waals surface area contributed by atoms with E-state index in [-0.39, 0.29) is 5.82 Å². The number of imidazole rings is 1. The van der Waals surface area contributed by atoms with E-state index in [9.17, 15) is 4.39 Å². The first-order valence-electron chi connectivity index (χ1n) is 5.37. The van der Waals surface area contributed by atoms with Crippen molar-refractivity contribution in [3.8, 4) is 5.69 Å². The van der Waals surface area contributed by atoms with Gasteiger partial charge in [-0.05, 0) is 48.0 Å². The molecule has 0 atom stereocenters. The smallest absolute Gasteiger partial charge is 0.207 e. The maximum Gasteiger partial charge on any atom is 0.207 e. The van der Waals surface area contributed by atoms with Crippen molar-refractivity contribution >= 4 is 21.9 Å². The molecule has 17 heavy (non-hydrogen) atoms. The molecule has 0 saturated heterocycles. The number of benzene rings is 1. The second kappa shape index (κ2) is 4.87. The molecule has 1 heterocycles.